The van der Waals surface area contributed by atoms with Crippen molar-refractivity contribution in [3.8, 4) is 0 Å². The molecule has 0 saturated heterocycles. The smallest absolute Gasteiger partial charge is 0.138 e. The molecule has 0 radical (unpaired) electrons. The summed E-state index contributed by atoms with van der Waals surface area (Å²) in [7, 11) is 0. The number of nitrogens with zero attached hydrogens (tertiary/aromatic N) is 3. The summed E-state index contributed by atoms with van der Waals surface area (Å²) in [6.45, 7) is 4.11. The topological polar surface area (TPSA) is 38.7 Å². The van der Waals surface area contributed by atoms with E-state index in [1.54, 1.807) is 0 Å². The fraction of sp³-hybridized carbons (Fsp3) is 0.222. The van der Waals surface area contributed by atoms with Gasteiger partial charge in [0.25, 0.3) is 0 Å². The molecule has 0 aliphatic carbocycles. The van der Waals surface area contributed by atoms with Gasteiger partial charge in [-0.05, 0) is 31.0 Å². The van der Waals surface area contributed by atoms with Gasteiger partial charge in [-0.1, -0.05) is 6.07 Å². The maximum Gasteiger partial charge on any atom is 0.138 e. The number of hydrogen-bond donors (Lipinski definition) is 0. The molecule has 0 atom stereocenters. The van der Waals surface area contributed by atoms with Gasteiger partial charge in [0.15, 0.2) is 0 Å². The number of benzene rings is 1. The van der Waals surface area contributed by atoms with Crippen molar-refractivity contribution in [3.05, 3.63) is 29.6 Å². The number of aryl methyl sites for hydroxylation is 2. The highest BCUT2D eigenvalue weighted by atomic mass is 15.1. The summed E-state index contributed by atoms with van der Waals surface area (Å²) < 4.78 is 0. The molecule has 12 heavy (non-hydrogen) atoms. The Bertz CT molecular complexity index is 423. The number of aromatic nitrogens is 3. The molecule has 0 N–H and O–H groups in total. The monoisotopic (exact) mass is 159 g/mol. The Kier molecular flexibility index (Phi) is 1.50. The molecular weight excluding hydrogens is 150 g/mol. The van der Waals surface area contributed by atoms with E-state index in [0.29, 0.717) is 0 Å². The van der Waals surface area contributed by atoms with Crippen LogP contribution in [0.4, 0.5) is 0 Å². The standard InChI is InChI=1S/C9H9N3/c1-6-3-4-8-9(7(6)2)10-5-11-12-8/h3-5H,1-2H3. The SMILES string of the molecule is Cc1ccc2nncnc2c1C. The van der Waals surface area contributed by atoms with Crippen molar-refractivity contribution in [2.24, 2.45) is 0 Å². The van der Waals surface area contributed by atoms with Crippen LogP contribution in [0.1, 0.15) is 11.1 Å². The van der Waals surface area contributed by atoms with E-state index in [1.165, 1.54) is 17.5 Å². The molecule has 1 heterocycles. The first-order valence-corrected chi connectivity index (χ1v) is 3.82. The Balaban J connectivity index is 2.91. The molecule has 1 aromatic heterocycles. The van der Waals surface area contributed by atoms with E-state index < -0.39 is 0 Å². The van der Waals surface area contributed by atoms with Gasteiger partial charge in [0, 0.05) is 0 Å². The molecule has 3 nitrogen and oxygen atoms in total. The highest BCUT2D eigenvalue weighted by Gasteiger charge is 2.00. The molecule has 2 rings (SSSR count). The minimum Gasteiger partial charge on any atom is -0.232 e. The molecule has 0 amide bonds. The first kappa shape index (κ1) is 7.16. The second-order valence-electron chi connectivity index (χ2n) is 2.84. The summed E-state index contributed by atoms with van der Waals surface area (Å²) in [6.07, 6.45) is 1.48. The van der Waals surface area contributed by atoms with E-state index in [1.807, 2.05) is 19.1 Å². The zero-order valence-electron chi connectivity index (χ0n) is 7.07. The van der Waals surface area contributed by atoms with Crippen molar-refractivity contribution in [2.45, 2.75) is 13.8 Å². The van der Waals surface area contributed by atoms with Crippen molar-refractivity contribution >= 4 is 11.0 Å². The Morgan fingerprint density at radius 1 is 1.17 bits per heavy atom. The van der Waals surface area contributed by atoms with Crippen LogP contribution >= 0.6 is 0 Å². The number of hydrogen-bond acceptors (Lipinski definition) is 3. The lowest BCUT2D eigenvalue weighted by Crippen LogP contribution is -1.91. The van der Waals surface area contributed by atoms with Gasteiger partial charge in [-0.3, -0.25) is 0 Å². The van der Waals surface area contributed by atoms with Gasteiger partial charge < -0.3 is 0 Å². The van der Waals surface area contributed by atoms with Crippen LogP contribution in [0, 0.1) is 13.8 Å². The van der Waals surface area contributed by atoms with Crippen molar-refractivity contribution in [2.75, 3.05) is 0 Å². The predicted octanol–water partition coefficient (Wildman–Crippen LogP) is 1.64. The molecule has 2 aromatic rings. The minimum absolute atomic E-state index is 0.862. The van der Waals surface area contributed by atoms with Crippen molar-refractivity contribution in [3.63, 3.8) is 0 Å². The third-order valence-electron chi connectivity index (χ3n) is 2.08. The quantitative estimate of drug-likeness (QED) is 0.586. The molecule has 0 bridgehead atoms. The highest BCUT2D eigenvalue weighted by Crippen LogP contribution is 2.15. The third-order valence-corrected chi connectivity index (χ3v) is 2.08. The van der Waals surface area contributed by atoms with E-state index in [-0.39, 0.29) is 0 Å². The lowest BCUT2D eigenvalue weighted by Gasteiger charge is -2.01. The third kappa shape index (κ3) is 0.942. The van der Waals surface area contributed by atoms with Gasteiger partial charge >= 0.3 is 0 Å². The molecular formula is C9H9N3. The maximum atomic E-state index is 4.17. The fourth-order valence-electron chi connectivity index (χ4n) is 1.20. The highest BCUT2D eigenvalue weighted by molar-refractivity contribution is 5.77. The van der Waals surface area contributed by atoms with Gasteiger partial charge in [0.2, 0.25) is 0 Å². The Hall–Kier alpha value is -1.51. The van der Waals surface area contributed by atoms with Crippen molar-refractivity contribution < 1.29 is 0 Å². The van der Waals surface area contributed by atoms with Crippen molar-refractivity contribution in [1.82, 2.24) is 15.2 Å². The molecule has 60 valence electrons. The van der Waals surface area contributed by atoms with Gasteiger partial charge in [-0.2, -0.15) is 0 Å². The second kappa shape index (κ2) is 2.52. The van der Waals surface area contributed by atoms with E-state index in [2.05, 4.69) is 22.1 Å². The lowest BCUT2D eigenvalue weighted by molar-refractivity contribution is 1.02. The van der Waals surface area contributed by atoms with E-state index >= 15 is 0 Å². The summed E-state index contributed by atoms with van der Waals surface area (Å²) in [5.41, 5.74) is 4.23. The average molecular weight is 159 g/mol. The summed E-state index contributed by atoms with van der Waals surface area (Å²) >= 11 is 0. The lowest BCUT2D eigenvalue weighted by atomic mass is 10.1. The molecule has 0 spiro atoms. The van der Waals surface area contributed by atoms with Crippen LogP contribution in [0.3, 0.4) is 0 Å². The van der Waals surface area contributed by atoms with Crippen LogP contribution in [-0.4, -0.2) is 15.2 Å². The van der Waals surface area contributed by atoms with Crippen LogP contribution in [0.2, 0.25) is 0 Å². The summed E-state index contributed by atoms with van der Waals surface area (Å²) in [5, 5.41) is 7.69. The summed E-state index contributed by atoms with van der Waals surface area (Å²) in [4.78, 5) is 4.17. The molecule has 3 heteroatoms. The second-order valence-corrected chi connectivity index (χ2v) is 2.84. The van der Waals surface area contributed by atoms with Crippen molar-refractivity contribution in [1.29, 1.82) is 0 Å². The number of fused-ring (bicyclic) bond motifs is 1. The van der Waals surface area contributed by atoms with E-state index in [4.69, 9.17) is 0 Å². The molecule has 0 unspecified atom stereocenters. The summed E-state index contributed by atoms with van der Waals surface area (Å²) in [5.74, 6) is 0. The molecule has 0 aliphatic rings. The minimum atomic E-state index is 0.862. The average Bonchev–Trinajstić information content (AvgIpc) is 2.12. The Labute approximate surface area is 70.5 Å². The Morgan fingerprint density at radius 2 is 2.00 bits per heavy atom. The van der Waals surface area contributed by atoms with Gasteiger partial charge in [-0.25, -0.2) is 4.98 Å². The van der Waals surface area contributed by atoms with Crippen LogP contribution in [0.25, 0.3) is 11.0 Å². The van der Waals surface area contributed by atoms with E-state index in [0.717, 1.165) is 11.0 Å². The van der Waals surface area contributed by atoms with Gasteiger partial charge in [0.05, 0.1) is 5.52 Å². The van der Waals surface area contributed by atoms with Crippen LogP contribution < -0.4 is 0 Å². The van der Waals surface area contributed by atoms with Gasteiger partial charge in [-0.15, -0.1) is 10.2 Å². The van der Waals surface area contributed by atoms with Gasteiger partial charge in [0.1, 0.15) is 11.8 Å². The zero-order chi connectivity index (χ0) is 8.55. The fourth-order valence-corrected chi connectivity index (χ4v) is 1.20. The Morgan fingerprint density at radius 3 is 2.83 bits per heavy atom. The largest absolute Gasteiger partial charge is 0.232 e. The van der Waals surface area contributed by atoms with E-state index in [9.17, 15) is 0 Å². The van der Waals surface area contributed by atoms with Crippen LogP contribution in [0.5, 0.6) is 0 Å². The van der Waals surface area contributed by atoms with Crippen LogP contribution in [-0.2, 0) is 0 Å². The maximum absolute atomic E-state index is 4.17. The molecule has 0 fully saturated rings. The number of rotatable bonds is 0. The van der Waals surface area contributed by atoms with Crippen LogP contribution in [0.15, 0.2) is 18.5 Å². The molecule has 0 saturated carbocycles. The predicted molar refractivity (Wildman–Crippen MR) is 46.8 cm³/mol. The summed E-state index contributed by atoms with van der Waals surface area (Å²) in [6, 6.07) is 3.98. The zero-order valence-corrected chi connectivity index (χ0v) is 7.07. The molecule has 1 aromatic carbocycles. The first-order valence-electron chi connectivity index (χ1n) is 3.82. The first-order chi connectivity index (χ1) is 5.79. The normalized spacial score (nSPS) is 10.5. The molecule has 0 aliphatic heterocycles.